The minimum absolute atomic E-state index is 0.0701. The van der Waals surface area contributed by atoms with Crippen LogP contribution in [-0.4, -0.2) is 46.1 Å². The van der Waals surface area contributed by atoms with E-state index in [0.717, 1.165) is 37.3 Å². The van der Waals surface area contributed by atoms with E-state index in [1.165, 1.54) is 6.07 Å². The van der Waals surface area contributed by atoms with Crippen molar-refractivity contribution in [2.45, 2.75) is 39.4 Å². The maximum Gasteiger partial charge on any atom is 0.247 e. The van der Waals surface area contributed by atoms with Crippen LogP contribution in [-0.2, 0) is 26.3 Å². The summed E-state index contributed by atoms with van der Waals surface area (Å²) in [4.78, 5) is 2.18. The molecule has 2 aliphatic rings. The molecule has 0 amide bonds. The molecule has 0 aliphatic carbocycles. The van der Waals surface area contributed by atoms with E-state index in [9.17, 15) is 16.8 Å². The first-order valence-corrected chi connectivity index (χ1v) is 10.6. The number of hydrogen-bond acceptors (Lipinski definition) is 6. The molecule has 0 spiro atoms. The van der Waals surface area contributed by atoms with Gasteiger partial charge in [0.1, 0.15) is 8.42 Å². The van der Waals surface area contributed by atoms with E-state index < -0.39 is 24.6 Å². The van der Waals surface area contributed by atoms with Crippen LogP contribution in [0.3, 0.4) is 0 Å². The Bertz CT molecular complexity index is 775. The number of thiophene rings is 1. The summed E-state index contributed by atoms with van der Waals surface area (Å²) in [5.74, 6) is 0. The highest BCUT2D eigenvalue weighted by atomic mass is 32.3. The number of nitrogens with zero attached hydrogens (tertiary/aromatic N) is 1. The molecule has 2 aliphatic heterocycles. The fourth-order valence-electron chi connectivity index (χ4n) is 3.15. The van der Waals surface area contributed by atoms with Crippen LogP contribution in [0.1, 0.15) is 25.3 Å². The lowest BCUT2D eigenvalue weighted by atomic mass is 10.0. The van der Waals surface area contributed by atoms with Crippen molar-refractivity contribution in [3.05, 3.63) is 11.6 Å². The molecule has 118 valence electrons. The Kier molecular flexibility index (Phi) is 3.49. The van der Waals surface area contributed by atoms with Crippen molar-refractivity contribution in [3.8, 4) is 0 Å². The van der Waals surface area contributed by atoms with Crippen molar-refractivity contribution >= 4 is 31.2 Å². The second-order valence-corrected chi connectivity index (χ2v) is 11.5. The first-order chi connectivity index (χ1) is 9.63. The molecule has 0 saturated carbocycles. The van der Waals surface area contributed by atoms with Crippen LogP contribution in [0.5, 0.6) is 0 Å². The van der Waals surface area contributed by atoms with Gasteiger partial charge in [0.25, 0.3) is 0 Å². The maximum atomic E-state index is 12.8. The Hall–Kier alpha value is -0.480. The van der Waals surface area contributed by atoms with Crippen LogP contribution in [0.25, 0.3) is 0 Å². The minimum atomic E-state index is -3.85. The molecule has 0 aromatic carbocycles. The van der Waals surface area contributed by atoms with E-state index in [2.05, 4.69) is 4.90 Å². The Morgan fingerprint density at radius 3 is 2.52 bits per heavy atom. The van der Waals surface area contributed by atoms with Gasteiger partial charge >= 0.3 is 0 Å². The molecule has 3 rings (SSSR count). The maximum absolute atomic E-state index is 12.8. The lowest BCUT2D eigenvalue weighted by molar-refractivity contribution is 0.299. The fraction of sp³-hybridized carbons (Fsp3) is 0.667. The zero-order valence-electron chi connectivity index (χ0n) is 11.7. The van der Waals surface area contributed by atoms with Gasteiger partial charge in [0, 0.05) is 6.54 Å². The van der Waals surface area contributed by atoms with E-state index in [1.807, 2.05) is 0 Å². The van der Waals surface area contributed by atoms with E-state index in [1.54, 1.807) is 6.92 Å². The number of sulfone groups is 1. The van der Waals surface area contributed by atoms with E-state index in [4.69, 9.17) is 5.14 Å². The number of sulfonamides is 1. The SMILES string of the molecule is CC1(CN2CCCC2)Cc2cc(S(N)(=O)=O)sc2S1(=O)=O. The molecular formula is C12H18N2O4S3. The number of fused-ring (bicyclic) bond motifs is 1. The topological polar surface area (TPSA) is 97.5 Å². The van der Waals surface area contributed by atoms with Crippen molar-refractivity contribution in [2.24, 2.45) is 5.14 Å². The number of rotatable bonds is 3. The van der Waals surface area contributed by atoms with E-state index in [-0.39, 0.29) is 8.42 Å². The standard InChI is InChI=1S/C12H18N2O4S3/c1-12(8-14-4-2-3-5-14)7-9-6-10(21(13,17)18)19-11(9)20(12,15)16/h6H,2-5,7-8H2,1H3,(H2,13,17,18). The second-order valence-electron chi connectivity index (χ2n) is 6.04. The molecule has 1 aromatic rings. The summed E-state index contributed by atoms with van der Waals surface area (Å²) in [7, 11) is -7.36. The van der Waals surface area contributed by atoms with Crippen molar-refractivity contribution in [2.75, 3.05) is 19.6 Å². The lowest BCUT2D eigenvalue weighted by Gasteiger charge is -2.28. The van der Waals surface area contributed by atoms with Gasteiger partial charge in [-0.05, 0) is 50.9 Å². The summed E-state index contributed by atoms with van der Waals surface area (Å²) in [5, 5.41) is 5.09. The quantitative estimate of drug-likeness (QED) is 0.860. The largest absolute Gasteiger partial charge is 0.302 e. The molecule has 1 fully saturated rings. The van der Waals surface area contributed by atoms with Crippen LogP contribution in [0.4, 0.5) is 0 Å². The van der Waals surface area contributed by atoms with Crippen LogP contribution < -0.4 is 5.14 Å². The van der Waals surface area contributed by atoms with E-state index in [0.29, 0.717) is 18.5 Å². The lowest BCUT2D eigenvalue weighted by Crippen LogP contribution is -2.44. The molecule has 1 aromatic heterocycles. The molecule has 1 atom stereocenters. The molecule has 0 radical (unpaired) electrons. The van der Waals surface area contributed by atoms with Crippen LogP contribution in [0.15, 0.2) is 14.5 Å². The normalized spacial score (nSPS) is 28.9. The number of hydrogen-bond donors (Lipinski definition) is 1. The summed E-state index contributed by atoms with van der Waals surface area (Å²) < 4.78 is 47.6. The summed E-state index contributed by atoms with van der Waals surface area (Å²) in [5.41, 5.74) is 0.589. The molecule has 1 unspecified atom stereocenters. The number of likely N-dealkylation sites (tertiary alicyclic amines) is 1. The number of primary sulfonamides is 1. The smallest absolute Gasteiger partial charge is 0.247 e. The Morgan fingerprint density at radius 2 is 2.00 bits per heavy atom. The van der Waals surface area contributed by atoms with Gasteiger partial charge in [-0.15, -0.1) is 11.3 Å². The van der Waals surface area contributed by atoms with Crippen LogP contribution in [0, 0.1) is 0 Å². The predicted octanol–water partition coefficient (Wildman–Crippen LogP) is 0.580. The molecule has 0 bridgehead atoms. The molecule has 3 heterocycles. The Labute approximate surface area is 128 Å². The van der Waals surface area contributed by atoms with Crippen LogP contribution in [0.2, 0.25) is 0 Å². The van der Waals surface area contributed by atoms with Crippen molar-refractivity contribution < 1.29 is 16.8 Å². The fourth-order valence-corrected chi connectivity index (χ4v) is 7.91. The monoisotopic (exact) mass is 350 g/mol. The zero-order valence-corrected chi connectivity index (χ0v) is 14.2. The summed E-state index contributed by atoms with van der Waals surface area (Å²) >= 11 is 0.777. The first-order valence-electron chi connectivity index (χ1n) is 6.76. The third kappa shape index (κ3) is 2.44. The Balaban J connectivity index is 1.96. The summed E-state index contributed by atoms with van der Waals surface area (Å²) in [6.45, 7) is 4.12. The highest BCUT2D eigenvalue weighted by Crippen LogP contribution is 2.45. The van der Waals surface area contributed by atoms with Crippen molar-refractivity contribution in [3.63, 3.8) is 0 Å². The molecular weight excluding hydrogens is 332 g/mol. The minimum Gasteiger partial charge on any atom is -0.302 e. The average molecular weight is 350 g/mol. The van der Waals surface area contributed by atoms with Gasteiger partial charge in [-0.25, -0.2) is 22.0 Å². The molecule has 6 nitrogen and oxygen atoms in total. The van der Waals surface area contributed by atoms with Gasteiger partial charge in [0.2, 0.25) is 10.0 Å². The highest BCUT2D eigenvalue weighted by molar-refractivity contribution is 7.96. The molecule has 1 saturated heterocycles. The van der Waals surface area contributed by atoms with Gasteiger partial charge in [-0.2, -0.15) is 0 Å². The Morgan fingerprint density at radius 1 is 1.38 bits per heavy atom. The van der Waals surface area contributed by atoms with Crippen molar-refractivity contribution in [1.29, 1.82) is 0 Å². The third-order valence-electron chi connectivity index (χ3n) is 4.24. The van der Waals surface area contributed by atoms with Crippen LogP contribution >= 0.6 is 11.3 Å². The molecule has 21 heavy (non-hydrogen) atoms. The summed E-state index contributed by atoms with van der Waals surface area (Å²) in [6, 6.07) is 1.42. The van der Waals surface area contributed by atoms with E-state index >= 15 is 0 Å². The third-order valence-corrected chi connectivity index (χ3v) is 9.86. The predicted molar refractivity (Wildman–Crippen MR) is 80.7 cm³/mol. The van der Waals surface area contributed by atoms with Crippen molar-refractivity contribution in [1.82, 2.24) is 4.90 Å². The molecule has 2 N–H and O–H groups in total. The van der Waals surface area contributed by atoms with Gasteiger partial charge in [0.05, 0.1) is 4.75 Å². The van der Waals surface area contributed by atoms with Gasteiger partial charge in [-0.3, -0.25) is 0 Å². The van der Waals surface area contributed by atoms with Gasteiger partial charge in [-0.1, -0.05) is 0 Å². The second kappa shape index (κ2) is 4.76. The first kappa shape index (κ1) is 15.4. The van der Waals surface area contributed by atoms with Gasteiger partial charge < -0.3 is 4.90 Å². The average Bonchev–Trinajstić information content (AvgIpc) is 2.99. The highest BCUT2D eigenvalue weighted by Gasteiger charge is 2.50. The molecule has 9 heteroatoms. The van der Waals surface area contributed by atoms with Gasteiger partial charge in [0.15, 0.2) is 9.84 Å². The summed E-state index contributed by atoms with van der Waals surface area (Å²) in [6.07, 6.45) is 2.56. The number of nitrogens with two attached hydrogens (primary N) is 1. The zero-order chi connectivity index (χ0) is 15.5.